The van der Waals surface area contributed by atoms with Gasteiger partial charge in [-0.25, -0.2) is 4.79 Å². The van der Waals surface area contributed by atoms with Crippen LogP contribution < -0.4 is 5.32 Å². The largest absolute Gasteiger partial charge is 0.481 e. The van der Waals surface area contributed by atoms with Gasteiger partial charge in [0.1, 0.15) is 0 Å². The summed E-state index contributed by atoms with van der Waals surface area (Å²) in [4.78, 5) is 24.3. The second-order valence-corrected chi connectivity index (χ2v) is 5.50. The predicted molar refractivity (Wildman–Crippen MR) is 79.0 cm³/mol. The third-order valence-electron chi connectivity index (χ3n) is 2.94. The van der Waals surface area contributed by atoms with E-state index in [0.717, 1.165) is 0 Å². The molecule has 1 atom stereocenters. The number of ether oxygens (including phenoxy) is 1. The number of carbonyl (C=O) groups excluding carboxylic acids is 1. The molecule has 1 aliphatic rings. The van der Waals surface area contributed by atoms with Gasteiger partial charge in [0, 0.05) is 28.8 Å². The summed E-state index contributed by atoms with van der Waals surface area (Å²) in [6.45, 7) is 0.935. The molecular formula is C13H14Cl2N2O4. The lowest BCUT2D eigenvalue weighted by Gasteiger charge is -2.32. The molecule has 1 unspecified atom stereocenters. The van der Waals surface area contributed by atoms with E-state index in [1.165, 1.54) is 4.90 Å². The van der Waals surface area contributed by atoms with Crippen LogP contribution in [0.5, 0.6) is 0 Å². The fraction of sp³-hybridized carbons (Fsp3) is 0.385. The van der Waals surface area contributed by atoms with Crippen LogP contribution in [-0.4, -0.2) is 47.8 Å². The van der Waals surface area contributed by atoms with E-state index in [1.54, 1.807) is 18.2 Å². The van der Waals surface area contributed by atoms with E-state index in [1.807, 2.05) is 0 Å². The second kappa shape index (κ2) is 6.98. The summed E-state index contributed by atoms with van der Waals surface area (Å²) in [6, 6.07) is 4.39. The second-order valence-electron chi connectivity index (χ2n) is 4.62. The van der Waals surface area contributed by atoms with Gasteiger partial charge in [0.05, 0.1) is 19.1 Å². The lowest BCUT2D eigenvalue weighted by Crippen LogP contribution is -2.47. The molecule has 0 aliphatic carbocycles. The molecule has 2 N–H and O–H groups in total. The molecule has 21 heavy (non-hydrogen) atoms. The fourth-order valence-electron chi connectivity index (χ4n) is 2.05. The van der Waals surface area contributed by atoms with Crippen LogP contribution in [0, 0.1) is 0 Å². The van der Waals surface area contributed by atoms with Crippen molar-refractivity contribution < 1.29 is 19.4 Å². The van der Waals surface area contributed by atoms with Crippen LogP contribution >= 0.6 is 23.2 Å². The van der Waals surface area contributed by atoms with Crippen molar-refractivity contribution in [1.29, 1.82) is 0 Å². The van der Waals surface area contributed by atoms with Crippen LogP contribution in [0.25, 0.3) is 0 Å². The average Bonchev–Trinajstić information content (AvgIpc) is 2.36. The van der Waals surface area contributed by atoms with Crippen LogP contribution in [0.3, 0.4) is 0 Å². The Morgan fingerprint density at radius 2 is 2.00 bits per heavy atom. The van der Waals surface area contributed by atoms with E-state index < -0.39 is 12.1 Å². The number of hydrogen-bond donors (Lipinski definition) is 2. The van der Waals surface area contributed by atoms with Gasteiger partial charge in [-0.15, -0.1) is 0 Å². The molecule has 2 rings (SSSR count). The summed E-state index contributed by atoms with van der Waals surface area (Å²) in [5, 5.41) is 12.3. The molecular weight excluding hydrogens is 319 g/mol. The quantitative estimate of drug-likeness (QED) is 0.891. The number of hydrogen-bond acceptors (Lipinski definition) is 3. The number of carboxylic acid groups (broad SMARTS) is 1. The Kier molecular flexibility index (Phi) is 5.27. The number of carbonyl (C=O) groups is 2. The van der Waals surface area contributed by atoms with Crippen LogP contribution in [0.1, 0.15) is 6.42 Å². The monoisotopic (exact) mass is 332 g/mol. The van der Waals surface area contributed by atoms with Gasteiger partial charge in [-0.05, 0) is 18.2 Å². The van der Waals surface area contributed by atoms with Crippen molar-refractivity contribution in [2.24, 2.45) is 0 Å². The number of anilines is 1. The molecule has 1 saturated heterocycles. The molecule has 8 heteroatoms. The molecule has 1 aromatic rings. The van der Waals surface area contributed by atoms with E-state index in [4.69, 9.17) is 33.0 Å². The molecule has 6 nitrogen and oxygen atoms in total. The number of nitrogens with zero attached hydrogens (tertiary/aromatic N) is 1. The smallest absolute Gasteiger partial charge is 0.322 e. The van der Waals surface area contributed by atoms with Gasteiger partial charge < -0.3 is 20.1 Å². The Hall–Kier alpha value is -1.50. The van der Waals surface area contributed by atoms with Crippen LogP contribution in [0.4, 0.5) is 10.5 Å². The highest BCUT2D eigenvalue weighted by molar-refractivity contribution is 6.35. The van der Waals surface area contributed by atoms with Crippen molar-refractivity contribution in [2.45, 2.75) is 12.5 Å². The predicted octanol–water partition coefficient (Wildman–Crippen LogP) is 2.70. The first-order valence-electron chi connectivity index (χ1n) is 6.29. The lowest BCUT2D eigenvalue weighted by molar-refractivity contribution is -0.141. The lowest BCUT2D eigenvalue weighted by atomic mass is 10.2. The molecule has 0 radical (unpaired) electrons. The summed E-state index contributed by atoms with van der Waals surface area (Å²) >= 11 is 11.7. The summed E-state index contributed by atoms with van der Waals surface area (Å²) < 4.78 is 5.31. The number of halogens is 2. The van der Waals surface area contributed by atoms with E-state index >= 15 is 0 Å². The number of aliphatic carboxylic acids is 1. The van der Waals surface area contributed by atoms with Gasteiger partial charge in [-0.1, -0.05) is 23.2 Å². The zero-order valence-corrected chi connectivity index (χ0v) is 12.5. The van der Waals surface area contributed by atoms with Gasteiger partial charge in [0.15, 0.2) is 0 Å². The maximum Gasteiger partial charge on any atom is 0.322 e. The number of rotatable bonds is 3. The number of morpholine rings is 1. The summed E-state index contributed by atoms with van der Waals surface area (Å²) in [7, 11) is 0. The molecule has 0 spiro atoms. The Bertz CT molecular complexity index is 533. The number of carboxylic acids is 1. The summed E-state index contributed by atoms with van der Waals surface area (Å²) in [5.41, 5.74) is 0.485. The van der Waals surface area contributed by atoms with E-state index in [-0.39, 0.29) is 19.0 Å². The van der Waals surface area contributed by atoms with Crippen LogP contribution in [0.2, 0.25) is 10.0 Å². The van der Waals surface area contributed by atoms with Crippen molar-refractivity contribution >= 4 is 40.9 Å². The van der Waals surface area contributed by atoms with Crippen molar-refractivity contribution in [3.05, 3.63) is 28.2 Å². The molecule has 0 bridgehead atoms. The molecule has 2 amide bonds. The van der Waals surface area contributed by atoms with Gasteiger partial charge >= 0.3 is 12.0 Å². The van der Waals surface area contributed by atoms with Gasteiger partial charge in [0.2, 0.25) is 0 Å². The minimum absolute atomic E-state index is 0.132. The molecule has 114 valence electrons. The molecule has 1 aromatic carbocycles. The fourth-order valence-corrected chi connectivity index (χ4v) is 2.58. The summed E-state index contributed by atoms with van der Waals surface area (Å²) in [5.74, 6) is -0.955. The average molecular weight is 333 g/mol. The third-order valence-corrected chi connectivity index (χ3v) is 3.38. The maximum absolute atomic E-state index is 12.1. The first-order chi connectivity index (χ1) is 9.94. The SMILES string of the molecule is O=C(O)CC1CN(C(=O)Nc2cc(Cl)cc(Cl)c2)CCO1. The van der Waals surface area contributed by atoms with E-state index in [2.05, 4.69) is 5.32 Å². The topological polar surface area (TPSA) is 78.9 Å². The van der Waals surface area contributed by atoms with Gasteiger partial charge in [-0.2, -0.15) is 0 Å². The Morgan fingerprint density at radius 3 is 2.62 bits per heavy atom. The van der Waals surface area contributed by atoms with Crippen molar-refractivity contribution in [2.75, 3.05) is 25.0 Å². The number of urea groups is 1. The third kappa shape index (κ3) is 4.77. The highest BCUT2D eigenvalue weighted by atomic mass is 35.5. The van der Waals surface area contributed by atoms with Crippen molar-refractivity contribution in [1.82, 2.24) is 4.90 Å². The van der Waals surface area contributed by atoms with Crippen molar-refractivity contribution in [3.63, 3.8) is 0 Å². The Balaban J connectivity index is 1.97. The first-order valence-corrected chi connectivity index (χ1v) is 7.05. The minimum atomic E-state index is -0.955. The Labute approximate surface area is 131 Å². The normalized spacial score (nSPS) is 18.4. The molecule has 0 aromatic heterocycles. The minimum Gasteiger partial charge on any atom is -0.481 e. The van der Waals surface area contributed by atoms with E-state index in [0.29, 0.717) is 28.9 Å². The van der Waals surface area contributed by atoms with Gasteiger partial charge in [0.25, 0.3) is 0 Å². The highest BCUT2D eigenvalue weighted by Gasteiger charge is 2.26. The first kappa shape index (κ1) is 15.9. The standard InChI is InChI=1S/C13H14Cl2N2O4/c14-8-3-9(15)5-10(4-8)16-13(20)17-1-2-21-11(7-17)6-12(18)19/h3-5,11H,1-2,6-7H2,(H,16,20)(H,18,19). The van der Waals surface area contributed by atoms with Crippen LogP contribution in [0.15, 0.2) is 18.2 Å². The number of benzene rings is 1. The Morgan fingerprint density at radius 1 is 1.33 bits per heavy atom. The van der Waals surface area contributed by atoms with Crippen LogP contribution in [-0.2, 0) is 9.53 Å². The molecule has 1 fully saturated rings. The highest BCUT2D eigenvalue weighted by Crippen LogP contribution is 2.23. The zero-order valence-electron chi connectivity index (χ0n) is 11.0. The van der Waals surface area contributed by atoms with Gasteiger partial charge in [-0.3, -0.25) is 4.79 Å². The molecule has 1 heterocycles. The number of amides is 2. The summed E-state index contributed by atoms with van der Waals surface area (Å²) in [6.07, 6.45) is -0.628. The van der Waals surface area contributed by atoms with Crippen molar-refractivity contribution in [3.8, 4) is 0 Å². The zero-order chi connectivity index (χ0) is 15.4. The molecule has 1 aliphatic heterocycles. The van der Waals surface area contributed by atoms with E-state index in [9.17, 15) is 9.59 Å². The number of nitrogens with one attached hydrogen (secondary N) is 1. The molecule has 0 saturated carbocycles. The maximum atomic E-state index is 12.1.